The van der Waals surface area contributed by atoms with Gasteiger partial charge in [0, 0.05) is 31.7 Å². The summed E-state index contributed by atoms with van der Waals surface area (Å²) in [6.45, 7) is 4.87. The van der Waals surface area contributed by atoms with Crippen LogP contribution >= 0.6 is 0 Å². The smallest absolute Gasteiger partial charge is 0.251 e. The Labute approximate surface area is 151 Å². The van der Waals surface area contributed by atoms with Crippen LogP contribution in [0.25, 0.3) is 22.2 Å². The number of fused-ring (bicyclic) bond motifs is 1. The van der Waals surface area contributed by atoms with Crippen LogP contribution < -0.4 is 5.32 Å². The highest BCUT2D eigenvalue weighted by Crippen LogP contribution is 2.24. The molecule has 134 valence electrons. The Morgan fingerprint density at radius 1 is 1.12 bits per heavy atom. The summed E-state index contributed by atoms with van der Waals surface area (Å²) in [6, 6.07) is 13.5. The molecule has 0 radical (unpaired) electrons. The maximum Gasteiger partial charge on any atom is 0.251 e. The van der Waals surface area contributed by atoms with Gasteiger partial charge in [0.2, 0.25) is 0 Å². The zero-order valence-corrected chi connectivity index (χ0v) is 14.5. The van der Waals surface area contributed by atoms with Gasteiger partial charge in [-0.3, -0.25) is 9.69 Å². The molecule has 6 nitrogen and oxygen atoms in total. The van der Waals surface area contributed by atoms with Crippen LogP contribution in [0.1, 0.15) is 10.4 Å². The maximum absolute atomic E-state index is 12.5. The highest BCUT2D eigenvalue weighted by Gasteiger charge is 2.11. The molecule has 0 unspecified atom stereocenters. The van der Waals surface area contributed by atoms with Gasteiger partial charge in [-0.15, -0.1) is 0 Å². The molecule has 1 aliphatic heterocycles. The molecule has 3 aromatic rings. The largest absolute Gasteiger partial charge is 0.443 e. The number of hydrogen-bond acceptors (Lipinski definition) is 5. The van der Waals surface area contributed by atoms with E-state index in [9.17, 15) is 4.79 Å². The number of carbonyl (C=O) groups excluding carboxylic acids is 1. The lowest BCUT2D eigenvalue weighted by Gasteiger charge is -2.26. The zero-order chi connectivity index (χ0) is 17.8. The second-order valence-corrected chi connectivity index (χ2v) is 6.33. The normalized spacial score (nSPS) is 15.2. The van der Waals surface area contributed by atoms with Crippen molar-refractivity contribution in [2.75, 3.05) is 39.4 Å². The number of rotatable bonds is 5. The van der Waals surface area contributed by atoms with Gasteiger partial charge in [0.15, 0.2) is 12.0 Å². The van der Waals surface area contributed by atoms with Crippen molar-refractivity contribution < 1.29 is 13.9 Å². The number of aromatic nitrogens is 1. The molecule has 1 saturated heterocycles. The number of benzene rings is 2. The van der Waals surface area contributed by atoms with Crippen LogP contribution in [-0.2, 0) is 4.74 Å². The third-order valence-electron chi connectivity index (χ3n) is 4.61. The molecule has 2 aromatic carbocycles. The standard InChI is InChI=1S/C20H21N3O3/c24-20(21-6-7-23-8-10-25-11-9-23)17-3-1-2-15(12-17)16-4-5-19-18(13-16)22-14-26-19/h1-5,12-14H,6-11H2,(H,21,24). The van der Waals surface area contributed by atoms with E-state index in [0.29, 0.717) is 12.1 Å². The highest BCUT2D eigenvalue weighted by molar-refractivity contribution is 5.95. The van der Waals surface area contributed by atoms with Crippen molar-refractivity contribution in [3.8, 4) is 11.1 Å². The van der Waals surface area contributed by atoms with Crippen LogP contribution in [0.15, 0.2) is 53.3 Å². The Kier molecular flexibility index (Phi) is 4.95. The van der Waals surface area contributed by atoms with E-state index in [1.807, 2.05) is 42.5 Å². The van der Waals surface area contributed by atoms with E-state index in [2.05, 4.69) is 15.2 Å². The van der Waals surface area contributed by atoms with Crippen LogP contribution in [-0.4, -0.2) is 55.2 Å². The Hall–Kier alpha value is -2.70. The van der Waals surface area contributed by atoms with E-state index in [1.54, 1.807) is 0 Å². The van der Waals surface area contributed by atoms with Crippen molar-refractivity contribution in [2.24, 2.45) is 0 Å². The molecule has 2 heterocycles. The van der Waals surface area contributed by atoms with Gasteiger partial charge in [-0.25, -0.2) is 4.98 Å². The Bertz CT molecular complexity index is 900. The topological polar surface area (TPSA) is 67.6 Å². The molecular formula is C20H21N3O3. The Balaban J connectivity index is 1.42. The minimum Gasteiger partial charge on any atom is -0.443 e. The van der Waals surface area contributed by atoms with Crippen LogP contribution in [0.2, 0.25) is 0 Å². The molecule has 1 aromatic heterocycles. The number of morpholine rings is 1. The number of oxazole rings is 1. The summed E-state index contributed by atoms with van der Waals surface area (Å²) in [5.41, 5.74) is 4.21. The second kappa shape index (κ2) is 7.68. The third kappa shape index (κ3) is 3.76. The summed E-state index contributed by atoms with van der Waals surface area (Å²) < 4.78 is 10.6. The first-order valence-electron chi connectivity index (χ1n) is 8.81. The lowest BCUT2D eigenvalue weighted by Crippen LogP contribution is -2.41. The summed E-state index contributed by atoms with van der Waals surface area (Å²) in [6.07, 6.45) is 1.44. The molecule has 0 bridgehead atoms. The monoisotopic (exact) mass is 351 g/mol. The lowest BCUT2D eigenvalue weighted by atomic mass is 10.0. The number of amides is 1. The first-order valence-corrected chi connectivity index (χ1v) is 8.81. The summed E-state index contributed by atoms with van der Waals surface area (Å²) in [4.78, 5) is 18.9. The lowest BCUT2D eigenvalue weighted by molar-refractivity contribution is 0.0383. The van der Waals surface area contributed by atoms with Gasteiger partial charge in [0.25, 0.3) is 5.91 Å². The fourth-order valence-electron chi connectivity index (χ4n) is 3.13. The zero-order valence-electron chi connectivity index (χ0n) is 14.5. The van der Waals surface area contributed by atoms with E-state index in [0.717, 1.165) is 55.1 Å². The van der Waals surface area contributed by atoms with Crippen LogP contribution in [0.3, 0.4) is 0 Å². The molecule has 0 atom stereocenters. The molecule has 1 fully saturated rings. The molecule has 0 spiro atoms. The number of nitrogens with zero attached hydrogens (tertiary/aromatic N) is 2. The first kappa shape index (κ1) is 16.8. The van der Waals surface area contributed by atoms with E-state index >= 15 is 0 Å². The molecule has 1 amide bonds. The number of nitrogens with one attached hydrogen (secondary N) is 1. The van der Waals surface area contributed by atoms with Gasteiger partial charge in [-0.2, -0.15) is 0 Å². The second-order valence-electron chi connectivity index (χ2n) is 6.33. The average molecular weight is 351 g/mol. The van der Waals surface area contributed by atoms with Crippen molar-refractivity contribution in [3.05, 3.63) is 54.4 Å². The minimum absolute atomic E-state index is 0.0531. The van der Waals surface area contributed by atoms with Gasteiger partial charge in [-0.1, -0.05) is 18.2 Å². The molecule has 26 heavy (non-hydrogen) atoms. The SMILES string of the molecule is O=C(NCCN1CCOCC1)c1cccc(-c2ccc3ocnc3c2)c1. The molecule has 4 rings (SSSR count). The van der Waals surface area contributed by atoms with Crippen LogP contribution in [0, 0.1) is 0 Å². The van der Waals surface area contributed by atoms with Crippen molar-refractivity contribution in [2.45, 2.75) is 0 Å². The van der Waals surface area contributed by atoms with Gasteiger partial charge < -0.3 is 14.5 Å². The number of carbonyl (C=O) groups is 1. The maximum atomic E-state index is 12.5. The van der Waals surface area contributed by atoms with E-state index < -0.39 is 0 Å². The van der Waals surface area contributed by atoms with Gasteiger partial charge >= 0.3 is 0 Å². The average Bonchev–Trinajstić information content (AvgIpc) is 3.16. The minimum atomic E-state index is -0.0531. The molecule has 1 aliphatic rings. The van der Waals surface area contributed by atoms with Gasteiger partial charge in [0.05, 0.1) is 13.2 Å². The van der Waals surface area contributed by atoms with Gasteiger partial charge in [0.1, 0.15) is 5.52 Å². The van der Waals surface area contributed by atoms with Gasteiger partial charge in [-0.05, 0) is 35.4 Å². The van der Waals surface area contributed by atoms with E-state index in [1.165, 1.54) is 6.39 Å². The van der Waals surface area contributed by atoms with Crippen molar-refractivity contribution in [1.29, 1.82) is 0 Å². The fourth-order valence-corrected chi connectivity index (χ4v) is 3.13. The summed E-state index contributed by atoms with van der Waals surface area (Å²) in [7, 11) is 0. The molecule has 1 N–H and O–H groups in total. The van der Waals surface area contributed by atoms with Crippen molar-refractivity contribution in [1.82, 2.24) is 15.2 Å². The molecule has 0 saturated carbocycles. The number of hydrogen-bond donors (Lipinski definition) is 1. The predicted octanol–water partition coefficient (Wildman–Crippen LogP) is 2.56. The summed E-state index contributed by atoms with van der Waals surface area (Å²) in [5, 5.41) is 3.00. The third-order valence-corrected chi connectivity index (χ3v) is 4.61. The van der Waals surface area contributed by atoms with Crippen LogP contribution in [0.4, 0.5) is 0 Å². The summed E-state index contributed by atoms with van der Waals surface area (Å²) in [5.74, 6) is -0.0531. The molecule has 0 aliphatic carbocycles. The quantitative estimate of drug-likeness (QED) is 0.765. The number of ether oxygens (including phenoxy) is 1. The first-order chi connectivity index (χ1) is 12.8. The Morgan fingerprint density at radius 3 is 2.85 bits per heavy atom. The highest BCUT2D eigenvalue weighted by atomic mass is 16.5. The summed E-state index contributed by atoms with van der Waals surface area (Å²) >= 11 is 0. The fraction of sp³-hybridized carbons (Fsp3) is 0.300. The predicted molar refractivity (Wildman–Crippen MR) is 99.0 cm³/mol. The van der Waals surface area contributed by atoms with Crippen LogP contribution in [0.5, 0.6) is 0 Å². The van der Waals surface area contributed by atoms with E-state index in [-0.39, 0.29) is 5.91 Å². The van der Waals surface area contributed by atoms with Crippen molar-refractivity contribution in [3.63, 3.8) is 0 Å². The molecule has 6 heteroatoms. The van der Waals surface area contributed by atoms with E-state index in [4.69, 9.17) is 9.15 Å². The molecular weight excluding hydrogens is 330 g/mol. The Morgan fingerprint density at radius 2 is 1.96 bits per heavy atom. The van der Waals surface area contributed by atoms with Crippen molar-refractivity contribution >= 4 is 17.0 Å².